The lowest BCUT2D eigenvalue weighted by Crippen LogP contribution is -2.51. The van der Waals surface area contributed by atoms with Gasteiger partial charge in [0.15, 0.2) is 17.8 Å². The van der Waals surface area contributed by atoms with Gasteiger partial charge in [-0.2, -0.15) is 0 Å². The average Bonchev–Trinajstić information content (AvgIpc) is 3.57. The van der Waals surface area contributed by atoms with Crippen molar-refractivity contribution in [2.24, 2.45) is 0 Å². The zero-order valence-corrected chi connectivity index (χ0v) is 24.9. The largest absolute Gasteiger partial charge is 0.496 e. The lowest BCUT2D eigenvalue weighted by Gasteiger charge is -2.36. The molecule has 1 atom stereocenters. The first-order chi connectivity index (χ1) is 20.5. The molecule has 2 aromatic heterocycles. The first-order valence-corrected chi connectivity index (χ1v) is 14.0. The van der Waals surface area contributed by atoms with Crippen LogP contribution in [0.5, 0.6) is 11.6 Å². The van der Waals surface area contributed by atoms with E-state index in [1.807, 2.05) is 20.8 Å². The predicted octanol–water partition coefficient (Wildman–Crippen LogP) is 6.65. The summed E-state index contributed by atoms with van der Waals surface area (Å²) in [5.41, 5.74) is 1.25. The highest BCUT2D eigenvalue weighted by Gasteiger charge is 2.64. The molecule has 13 heteroatoms. The number of ether oxygens (including phenoxy) is 2. The summed E-state index contributed by atoms with van der Waals surface area (Å²) < 4.78 is 37.9. The van der Waals surface area contributed by atoms with Crippen LogP contribution in [0.2, 0.25) is 10.0 Å². The molecule has 4 heterocycles. The molecular formula is C30H25Cl2F2N5O4. The number of anilines is 2. The molecule has 0 unspecified atom stereocenters. The number of benzene rings is 2. The SMILES string of the molecule is COc1cc(OCC(F)F)ncc1-c1nc2c(n1C(C)C)[C@@]1(C(=O)Nc3cc(Cl)ccc31)N(c1cc(Cl)ccc1C)C2=O. The van der Waals surface area contributed by atoms with Gasteiger partial charge >= 0.3 is 0 Å². The molecule has 1 N–H and O–H groups in total. The highest BCUT2D eigenvalue weighted by Crippen LogP contribution is 2.55. The molecule has 2 amide bonds. The summed E-state index contributed by atoms with van der Waals surface area (Å²) in [6.07, 6.45) is -1.30. The summed E-state index contributed by atoms with van der Waals surface area (Å²) in [7, 11) is 1.41. The van der Waals surface area contributed by atoms with Crippen LogP contribution in [-0.4, -0.2) is 46.5 Å². The molecule has 43 heavy (non-hydrogen) atoms. The third-order valence-corrected chi connectivity index (χ3v) is 8.00. The maximum atomic E-state index is 14.5. The summed E-state index contributed by atoms with van der Waals surface area (Å²) in [6, 6.07) is 11.2. The third-order valence-electron chi connectivity index (χ3n) is 7.53. The van der Waals surface area contributed by atoms with Crippen LogP contribution >= 0.6 is 23.2 Å². The Labute approximate surface area is 255 Å². The molecule has 222 valence electrons. The smallest absolute Gasteiger partial charge is 0.280 e. The average molecular weight is 628 g/mol. The maximum Gasteiger partial charge on any atom is 0.280 e. The first-order valence-electron chi connectivity index (χ1n) is 13.3. The topological polar surface area (TPSA) is 98.6 Å². The molecule has 0 saturated heterocycles. The number of methoxy groups -OCH3 is 1. The Morgan fingerprint density at radius 1 is 1.07 bits per heavy atom. The molecule has 6 rings (SSSR count). The molecule has 1 spiro atoms. The summed E-state index contributed by atoms with van der Waals surface area (Å²) in [6.45, 7) is 4.78. The van der Waals surface area contributed by atoms with E-state index in [-0.39, 0.29) is 23.4 Å². The number of rotatable bonds is 7. The number of alkyl halides is 2. The van der Waals surface area contributed by atoms with Crippen LogP contribution in [0.3, 0.4) is 0 Å². The van der Waals surface area contributed by atoms with Crippen LogP contribution in [0.25, 0.3) is 11.4 Å². The number of amides is 2. The van der Waals surface area contributed by atoms with Crippen molar-refractivity contribution < 1.29 is 27.8 Å². The number of imidazole rings is 1. The van der Waals surface area contributed by atoms with Crippen molar-refractivity contribution in [2.45, 2.75) is 38.8 Å². The Balaban J connectivity index is 1.65. The molecule has 0 radical (unpaired) electrons. The molecule has 0 saturated carbocycles. The second-order valence-electron chi connectivity index (χ2n) is 10.4. The highest BCUT2D eigenvalue weighted by atomic mass is 35.5. The van der Waals surface area contributed by atoms with Crippen LogP contribution in [0.4, 0.5) is 20.2 Å². The van der Waals surface area contributed by atoms with Gasteiger partial charge < -0.3 is 19.4 Å². The molecule has 0 bridgehead atoms. The molecule has 2 aliphatic rings. The van der Waals surface area contributed by atoms with Gasteiger partial charge in [-0.1, -0.05) is 35.3 Å². The second-order valence-corrected chi connectivity index (χ2v) is 11.3. The number of carbonyl (C=O) groups excluding carboxylic acids is 2. The summed E-state index contributed by atoms with van der Waals surface area (Å²) in [5.74, 6) is -0.507. The summed E-state index contributed by atoms with van der Waals surface area (Å²) in [5, 5.41) is 3.73. The van der Waals surface area contributed by atoms with E-state index in [4.69, 9.17) is 37.7 Å². The fourth-order valence-corrected chi connectivity index (χ4v) is 6.15. The number of hydrogen-bond donors (Lipinski definition) is 1. The molecule has 0 fully saturated rings. The number of aromatic nitrogens is 3. The Kier molecular flexibility index (Phi) is 7.05. The van der Waals surface area contributed by atoms with E-state index in [0.717, 1.165) is 5.56 Å². The number of pyridine rings is 1. The number of aryl methyl sites for hydroxylation is 1. The Hall–Kier alpha value is -4.22. The molecule has 4 aromatic rings. The van der Waals surface area contributed by atoms with Crippen molar-refractivity contribution in [3.63, 3.8) is 0 Å². The monoisotopic (exact) mass is 627 g/mol. The Morgan fingerprint density at radius 2 is 1.79 bits per heavy atom. The van der Waals surface area contributed by atoms with Crippen LogP contribution in [0.1, 0.15) is 47.2 Å². The first kappa shape index (κ1) is 28.9. The standard InChI is InChI=1S/C30H25Cl2F2N5O4/c1-14(2)38-26-25(37-27(38)18-12-35-24(11-22(18)42-4)43-13-23(33)34)28(40)39(21-10-17(32)6-5-15(21)3)30(26)19-8-7-16(31)9-20(19)36-29(30)41/h5-12,14,23H,13H2,1-4H3,(H,36,41)/t30-/m0/s1. The number of halogens is 4. The maximum absolute atomic E-state index is 14.5. The van der Waals surface area contributed by atoms with Gasteiger partial charge in [-0.25, -0.2) is 18.7 Å². The summed E-state index contributed by atoms with van der Waals surface area (Å²) >= 11 is 12.7. The minimum atomic E-state index is -2.68. The van der Waals surface area contributed by atoms with Crippen LogP contribution < -0.4 is 19.7 Å². The van der Waals surface area contributed by atoms with E-state index < -0.39 is 30.4 Å². The van der Waals surface area contributed by atoms with Gasteiger partial charge in [0.05, 0.1) is 24.1 Å². The number of nitrogens with zero attached hydrogens (tertiary/aromatic N) is 4. The zero-order chi connectivity index (χ0) is 30.8. The molecule has 2 aromatic carbocycles. The normalized spacial score (nSPS) is 17.2. The van der Waals surface area contributed by atoms with E-state index in [1.54, 1.807) is 41.0 Å². The van der Waals surface area contributed by atoms with Crippen molar-refractivity contribution in [2.75, 3.05) is 23.9 Å². The molecular weight excluding hydrogens is 603 g/mol. The second kappa shape index (κ2) is 10.5. The quantitative estimate of drug-likeness (QED) is 0.246. The van der Waals surface area contributed by atoms with Crippen molar-refractivity contribution in [1.82, 2.24) is 14.5 Å². The van der Waals surface area contributed by atoms with E-state index in [9.17, 15) is 18.4 Å². The van der Waals surface area contributed by atoms with Gasteiger partial charge in [0, 0.05) is 39.6 Å². The van der Waals surface area contributed by atoms with E-state index in [0.29, 0.717) is 44.1 Å². The van der Waals surface area contributed by atoms with E-state index >= 15 is 0 Å². The van der Waals surface area contributed by atoms with Crippen molar-refractivity contribution >= 4 is 46.4 Å². The van der Waals surface area contributed by atoms with Crippen molar-refractivity contribution in [3.8, 4) is 23.0 Å². The minimum Gasteiger partial charge on any atom is -0.496 e. The fraction of sp³-hybridized carbons (Fsp3) is 0.267. The number of carbonyl (C=O) groups is 2. The van der Waals surface area contributed by atoms with Gasteiger partial charge in [-0.05, 0) is 50.6 Å². The Bertz CT molecular complexity index is 1810. The van der Waals surface area contributed by atoms with E-state index in [1.165, 1.54) is 24.3 Å². The molecule has 0 aliphatic carbocycles. The number of nitrogens with one attached hydrogen (secondary N) is 1. The fourth-order valence-electron chi connectivity index (χ4n) is 5.81. The summed E-state index contributed by atoms with van der Waals surface area (Å²) in [4.78, 5) is 39.2. The minimum absolute atomic E-state index is 0.0566. The van der Waals surface area contributed by atoms with Gasteiger partial charge in [0.1, 0.15) is 11.6 Å². The third kappa shape index (κ3) is 4.32. The molecule has 2 aliphatic heterocycles. The number of fused-ring (bicyclic) bond motifs is 4. The van der Waals surface area contributed by atoms with Crippen molar-refractivity contribution in [3.05, 3.63) is 81.2 Å². The Morgan fingerprint density at radius 3 is 2.49 bits per heavy atom. The highest BCUT2D eigenvalue weighted by molar-refractivity contribution is 6.32. The van der Waals surface area contributed by atoms with Crippen LogP contribution in [0, 0.1) is 6.92 Å². The van der Waals surface area contributed by atoms with Gasteiger partial charge in [0.2, 0.25) is 5.88 Å². The predicted molar refractivity (Wildman–Crippen MR) is 158 cm³/mol. The van der Waals surface area contributed by atoms with Crippen LogP contribution in [-0.2, 0) is 10.3 Å². The van der Waals surface area contributed by atoms with Gasteiger partial charge in [-0.3, -0.25) is 14.5 Å². The lowest BCUT2D eigenvalue weighted by molar-refractivity contribution is -0.119. The van der Waals surface area contributed by atoms with Crippen molar-refractivity contribution in [1.29, 1.82) is 0 Å². The lowest BCUT2D eigenvalue weighted by atomic mass is 9.86. The van der Waals surface area contributed by atoms with Crippen LogP contribution in [0.15, 0.2) is 48.7 Å². The van der Waals surface area contributed by atoms with Gasteiger partial charge in [0.25, 0.3) is 18.2 Å². The molecule has 9 nitrogen and oxygen atoms in total. The zero-order valence-electron chi connectivity index (χ0n) is 23.4. The van der Waals surface area contributed by atoms with Gasteiger partial charge in [-0.15, -0.1) is 0 Å². The number of hydrogen-bond acceptors (Lipinski definition) is 6. The van der Waals surface area contributed by atoms with E-state index in [2.05, 4.69) is 10.3 Å².